The van der Waals surface area contributed by atoms with E-state index in [0.29, 0.717) is 24.5 Å². The molecule has 21 heavy (non-hydrogen) atoms. The summed E-state index contributed by atoms with van der Waals surface area (Å²) in [5.41, 5.74) is 7.04. The molecule has 0 saturated heterocycles. The van der Waals surface area contributed by atoms with Crippen molar-refractivity contribution in [2.24, 2.45) is 10.7 Å². The number of nitrogens with zero attached hydrogens (tertiary/aromatic N) is 3. The van der Waals surface area contributed by atoms with Crippen LogP contribution in [0.3, 0.4) is 0 Å². The van der Waals surface area contributed by atoms with Gasteiger partial charge in [-0.15, -0.1) is 24.0 Å². The van der Waals surface area contributed by atoms with Gasteiger partial charge in [0.05, 0.1) is 6.54 Å². The number of ether oxygens (including phenoxy) is 1. The van der Waals surface area contributed by atoms with Crippen molar-refractivity contribution in [2.45, 2.75) is 45.8 Å². The van der Waals surface area contributed by atoms with Crippen LogP contribution in [-0.4, -0.2) is 35.0 Å². The van der Waals surface area contributed by atoms with Gasteiger partial charge in [0.1, 0.15) is 6.10 Å². The summed E-state index contributed by atoms with van der Waals surface area (Å²) in [4.78, 5) is 10.7. The molecule has 0 atom stereocenters. The number of hydrogen-bond acceptors (Lipinski definition) is 3. The molecule has 0 aliphatic heterocycles. The highest BCUT2D eigenvalue weighted by atomic mass is 127. The predicted octanol–water partition coefficient (Wildman–Crippen LogP) is 2.79. The third-order valence-electron chi connectivity index (χ3n) is 3.65. The van der Waals surface area contributed by atoms with Crippen molar-refractivity contribution in [3.8, 4) is 5.88 Å². The molecule has 1 heterocycles. The van der Waals surface area contributed by atoms with Crippen LogP contribution >= 0.6 is 24.0 Å². The number of pyridine rings is 1. The highest BCUT2D eigenvalue weighted by molar-refractivity contribution is 14.0. The molecule has 0 unspecified atom stereocenters. The molecule has 1 aromatic heterocycles. The molecule has 2 rings (SSSR count). The molecular weight excluding hydrogens is 379 g/mol. The Morgan fingerprint density at radius 2 is 2.14 bits per heavy atom. The first kappa shape index (κ1) is 18.0. The van der Waals surface area contributed by atoms with Gasteiger partial charge < -0.3 is 15.4 Å². The van der Waals surface area contributed by atoms with Crippen LogP contribution in [0.4, 0.5) is 0 Å². The Morgan fingerprint density at radius 1 is 1.43 bits per heavy atom. The SMILES string of the molecule is CCN(CC)C(N)=NCc1ccnc(OC2CCC2)c1.I. The number of rotatable bonds is 6. The van der Waals surface area contributed by atoms with Gasteiger partial charge in [0.25, 0.3) is 0 Å². The Labute approximate surface area is 144 Å². The standard InChI is InChI=1S/C15H24N4O.HI/c1-3-19(4-2)15(16)18-11-12-8-9-17-14(10-12)20-13-6-5-7-13;/h8-10,13H,3-7,11H2,1-2H3,(H2,16,18);1H. The first-order chi connectivity index (χ1) is 9.72. The third kappa shape index (κ3) is 5.33. The second-order valence-corrected chi connectivity index (χ2v) is 5.02. The lowest BCUT2D eigenvalue weighted by Crippen LogP contribution is -2.37. The third-order valence-corrected chi connectivity index (χ3v) is 3.65. The summed E-state index contributed by atoms with van der Waals surface area (Å²) < 4.78 is 5.79. The molecule has 1 saturated carbocycles. The van der Waals surface area contributed by atoms with Gasteiger partial charge in [0.15, 0.2) is 5.96 Å². The summed E-state index contributed by atoms with van der Waals surface area (Å²) in [6, 6.07) is 3.91. The van der Waals surface area contributed by atoms with Crippen LogP contribution in [0.1, 0.15) is 38.7 Å². The van der Waals surface area contributed by atoms with Crippen LogP contribution < -0.4 is 10.5 Å². The van der Waals surface area contributed by atoms with E-state index in [2.05, 4.69) is 23.8 Å². The van der Waals surface area contributed by atoms with Gasteiger partial charge in [0.2, 0.25) is 5.88 Å². The van der Waals surface area contributed by atoms with Gasteiger partial charge in [-0.3, -0.25) is 0 Å². The lowest BCUT2D eigenvalue weighted by Gasteiger charge is -2.25. The molecule has 5 nitrogen and oxygen atoms in total. The van der Waals surface area contributed by atoms with E-state index in [1.54, 1.807) is 6.20 Å². The molecule has 0 bridgehead atoms. The molecule has 0 aromatic carbocycles. The Balaban J connectivity index is 0.00000220. The fourth-order valence-electron chi connectivity index (χ4n) is 2.09. The van der Waals surface area contributed by atoms with Crippen molar-refractivity contribution in [1.29, 1.82) is 0 Å². The van der Waals surface area contributed by atoms with Crippen molar-refractivity contribution < 1.29 is 4.74 Å². The summed E-state index contributed by atoms with van der Waals surface area (Å²) in [6.07, 6.45) is 5.65. The van der Waals surface area contributed by atoms with E-state index < -0.39 is 0 Å². The molecule has 6 heteroatoms. The average molecular weight is 404 g/mol. The lowest BCUT2D eigenvalue weighted by atomic mass is 9.96. The van der Waals surface area contributed by atoms with Crippen molar-refractivity contribution in [3.05, 3.63) is 23.9 Å². The maximum Gasteiger partial charge on any atom is 0.213 e. The number of hydrogen-bond donors (Lipinski definition) is 1. The molecule has 0 radical (unpaired) electrons. The van der Waals surface area contributed by atoms with Crippen LogP contribution in [0.5, 0.6) is 5.88 Å². The fourth-order valence-corrected chi connectivity index (χ4v) is 2.09. The van der Waals surface area contributed by atoms with Gasteiger partial charge in [0, 0.05) is 25.4 Å². The lowest BCUT2D eigenvalue weighted by molar-refractivity contribution is 0.114. The van der Waals surface area contributed by atoms with Crippen LogP contribution in [0.2, 0.25) is 0 Å². The maximum atomic E-state index is 5.97. The van der Waals surface area contributed by atoms with Crippen molar-refractivity contribution in [2.75, 3.05) is 13.1 Å². The zero-order valence-corrected chi connectivity index (χ0v) is 15.1. The van der Waals surface area contributed by atoms with Gasteiger partial charge >= 0.3 is 0 Å². The molecule has 1 fully saturated rings. The van der Waals surface area contributed by atoms with Gasteiger partial charge in [-0.2, -0.15) is 0 Å². The Morgan fingerprint density at radius 3 is 2.71 bits per heavy atom. The minimum absolute atomic E-state index is 0. The van der Waals surface area contributed by atoms with Crippen LogP contribution in [0.25, 0.3) is 0 Å². The van der Waals surface area contributed by atoms with Gasteiger partial charge in [-0.1, -0.05) is 0 Å². The van der Waals surface area contributed by atoms with E-state index in [4.69, 9.17) is 10.5 Å². The summed E-state index contributed by atoms with van der Waals surface area (Å²) in [5, 5.41) is 0. The predicted molar refractivity (Wildman–Crippen MR) is 96.2 cm³/mol. The molecular formula is C15H25IN4O. The van der Waals surface area contributed by atoms with Gasteiger partial charge in [-0.25, -0.2) is 9.98 Å². The highest BCUT2D eigenvalue weighted by Gasteiger charge is 2.19. The average Bonchev–Trinajstić information content (AvgIpc) is 2.42. The number of aromatic nitrogens is 1. The normalized spacial score (nSPS) is 15.0. The summed E-state index contributed by atoms with van der Waals surface area (Å²) >= 11 is 0. The quantitative estimate of drug-likeness (QED) is 0.450. The molecule has 1 aliphatic carbocycles. The molecule has 1 aromatic rings. The second-order valence-electron chi connectivity index (χ2n) is 5.02. The topological polar surface area (TPSA) is 63.7 Å². The van der Waals surface area contributed by atoms with E-state index in [0.717, 1.165) is 31.5 Å². The molecule has 0 amide bonds. The first-order valence-corrected chi connectivity index (χ1v) is 7.39. The summed E-state index contributed by atoms with van der Waals surface area (Å²) in [7, 11) is 0. The molecule has 0 spiro atoms. The van der Waals surface area contributed by atoms with Crippen LogP contribution in [0, 0.1) is 0 Å². The largest absolute Gasteiger partial charge is 0.474 e. The highest BCUT2D eigenvalue weighted by Crippen LogP contribution is 2.24. The summed E-state index contributed by atoms with van der Waals surface area (Å²) in [5.74, 6) is 1.29. The number of halogens is 1. The zero-order valence-electron chi connectivity index (χ0n) is 12.8. The van der Waals surface area contributed by atoms with E-state index >= 15 is 0 Å². The molecule has 118 valence electrons. The number of guanidine groups is 1. The Bertz CT molecular complexity index is 459. The van der Waals surface area contributed by atoms with E-state index in [9.17, 15) is 0 Å². The van der Waals surface area contributed by atoms with E-state index in [1.165, 1.54) is 6.42 Å². The second kappa shape index (κ2) is 9.07. The Kier molecular flexibility index (Phi) is 7.77. The number of nitrogens with two attached hydrogens (primary N) is 1. The molecule has 2 N–H and O–H groups in total. The van der Waals surface area contributed by atoms with Crippen LogP contribution in [-0.2, 0) is 6.54 Å². The van der Waals surface area contributed by atoms with Crippen LogP contribution in [0.15, 0.2) is 23.3 Å². The Hall–Kier alpha value is -1.05. The fraction of sp³-hybridized carbons (Fsp3) is 0.600. The van der Waals surface area contributed by atoms with Crippen molar-refractivity contribution >= 4 is 29.9 Å². The maximum absolute atomic E-state index is 5.97. The first-order valence-electron chi connectivity index (χ1n) is 7.39. The minimum Gasteiger partial charge on any atom is -0.474 e. The van der Waals surface area contributed by atoms with E-state index in [1.807, 2.05) is 17.0 Å². The number of aliphatic imine (C=N–C) groups is 1. The van der Waals surface area contributed by atoms with Gasteiger partial charge in [-0.05, 0) is 44.7 Å². The minimum atomic E-state index is 0. The van der Waals surface area contributed by atoms with Crippen molar-refractivity contribution in [1.82, 2.24) is 9.88 Å². The zero-order chi connectivity index (χ0) is 14.4. The summed E-state index contributed by atoms with van der Waals surface area (Å²) in [6.45, 7) is 6.45. The monoisotopic (exact) mass is 404 g/mol. The van der Waals surface area contributed by atoms with Crippen molar-refractivity contribution in [3.63, 3.8) is 0 Å². The smallest absolute Gasteiger partial charge is 0.213 e. The van der Waals surface area contributed by atoms with E-state index in [-0.39, 0.29) is 24.0 Å². The molecule has 1 aliphatic rings.